The number of benzene rings is 1. The highest BCUT2D eigenvalue weighted by Crippen LogP contribution is 2.57. The van der Waals surface area contributed by atoms with Crippen molar-refractivity contribution in [2.75, 3.05) is 18.5 Å². The summed E-state index contributed by atoms with van der Waals surface area (Å²) in [7, 11) is 2.03. The van der Waals surface area contributed by atoms with E-state index in [4.69, 9.17) is 0 Å². The van der Waals surface area contributed by atoms with Gasteiger partial charge in [-0.25, -0.2) is 0 Å². The van der Waals surface area contributed by atoms with Gasteiger partial charge in [0.1, 0.15) is 5.41 Å². The molecule has 112 valence electrons. The molecule has 0 N–H and O–H groups in total. The van der Waals surface area contributed by atoms with Gasteiger partial charge in [-0.3, -0.25) is 0 Å². The van der Waals surface area contributed by atoms with Crippen LogP contribution in [-0.2, 0) is 6.42 Å². The molecule has 0 atom stereocenters. The van der Waals surface area contributed by atoms with Crippen molar-refractivity contribution < 1.29 is 13.2 Å². The molecule has 0 aromatic heterocycles. The summed E-state index contributed by atoms with van der Waals surface area (Å²) in [5.74, 6) is 5.35. The quantitative estimate of drug-likeness (QED) is 0.649. The van der Waals surface area contributed by atoms with Crippen molar-refractivity contribution in [1.29, 1.82) is 0 Å². The minimum absolute atomic E-state index is 0.137. The summed E-state index contributed by atoms with van der Waals surface area (Å²) in [5.41, 5.74) is 1.22. The van der Waals surface area contributed by atoms with Gasteiger partial charge in [0.2, 0.25) is 0 Å². The second-order valence-corrected chi connectivity index (χ2v) is 6.01. The van der Waals surface area contributed by atoms with Crippen molar-refractivity contribution in [3.63, 3.8) is 0 Å². The Kier molecular flexibility index (Phi) is 3.39. The minimum Gasteiger partial charge on any atom is -0.374 e. The van der Waals surface area contributed by atoms with Gasteiger partial charge in [0.25, 0.3) is 0 Å². The fraction of sp³-hybridized carbons (Fsp3) is 0.529. The Balaban J connectivity index is 1.97. The molecule has 21 heavy (non-hydrogen) atoms. The Morgan fingerprint density at radius 1 is 1.19 bits per heavy atom. The Hall–Kier alpha value is -1.63. The molecule has 0 bridgehead atoms. The van der Waals surface area contributed by atoms with Crippen molar-refractivity contribution >= 4 is 5.69 Å². The molecule has 0 radical (unpaired) electrons. The van der Waals surface area contributed by atoms with Gasteiger partial charge < -0.3 is 4.90 Å². The summed E-state index contributed by atoms with van der Waals surface area (Å²) in [4.78, 5) is 2.17. The molecule has 0 spiro atoms. The summed E-state index contributed by atoms with van der Waals surface area (Å²) in [6, 6.07) is 5.76. The number of hydrogen-bond donors (Lipinski definition) is 0. The molecule has 1 aliphatic heterocycles. The highest BCUT2D eigenvalue weighted by molar-refractivity contribution is 5.61. The smallest absolute Gasteiger partial charge is 0.374 e. The van der Waals surface area contributed by atoms with Crippen molar-refractivity contribution in [2.45, 2.75) is 38.3 Å². The summed E-state index contributed by atoms with van der Waals surface area (Å²) >= 11 is 0. The summed E-state index contributed by atoms with van der Waals surface area (Å²) in [6.45, 7) is 0.983. The third-order valence-corrected chi connectivity index (χ3v) is 4.46. The van der Waals surface area contributed by atoms with E-state index in [0.29, 0.717) is 0 Å². The SMILES string of the molecule is CN1CCCCc2c(C#CC3(C(F)(F)F)CC3)cccc21. The van der Waals surface area contributed by atoms with Crippen LogP contribution >= 0.6 is 0 Å². The summed E-state index contributed by atoms with van der Waals surface area (Å²) < 4.78 is 38.9. The van der Waals surface area contributed by atoms with Gasteiger partial charge in [0, 0.05) is 24.8 Å². The highest BCUT2D eigenvalue weighted by atomic mass is 19.4. The molecule has 0 amide bonds. The molecule has 1 fully saturated rings. The highest BCUT2D eigenvalue weighted by Gasteiger charge is 2.62. The van der Waals surface area contributed by atoms with E-state index in [0.717, 1.165) is 42.6 Å². The first-order chi connectivity index (χ1) is 9.93. The number of hydrogen-bond acceptors (Lipinski definition) is 1. The average Bonchev–Trinajstić information content (AvgIpc) is 3.22. The lowest BCUT2D eigenvalue weighted by Gasteiger charge is -2.20. The molecule has 1 aromatic rings. The van der Waals surface area contributed by atoms with Crippen molar-refractivity contribution in [3.8, 4) is 11.8 Å². The molecule has 1 aromatic carbocycles. The zero-order valence-corrected chi connectivity index (χ0v) is 12.1. The maximum Gasteiger partial charge on any atom is 0.405 e. The van der Waals surface area contributed by atoms with E-state index in [1.807, 2.05) is 25.2 Å². The fourth-order valence-corrected chi connectivity index (χ4v) is 2.87. The molecule has 4 heteroatoms. The number of anilines is 1. The van der Waals surface area contributed by atoms with Gasteiger partial charge in [-0.2, -0.15) is 13.2 Å². The number of alkyl halides is 3. The fourth-order valence-electron chi connectivity index (χ4n) is 2.87. The predicted octanol–water partition coefficient (Wildman–Crippen LogP) is 4.15. The van der Waals surface area contributed by atoms with Gasteiger partial charge in [0.15, 0.2) is 0 Å². The second-order valence-electron chi connectivity index (χ2n) is 6.01. The lowest BCUT2D eigenvalue weighted by molar-refractivity contribution is -0.168. The van der Waals surface area contributed by atoms with E-state index in [2.05, 4.69) is 16.7 Å². The van der Waals surface area contributed by atoms with Crippen LogP contribution in [0.2, 0.25) is 0 Å². The number of fused-ring (bicyclic) bond motifs is 1. The lowest BCUT2D eigenvalue weighted by atomic mass is 9.99. The second kappa shape index (κ2) is 4.98. The van der Waals surface area contributed by atoms with Crippen molar-refractivity contribution in [1.82, 2.24) is 0 Å². The molecular weight excluding hydrogens is 275 g/mol. The maximum atomic E-state index is 13.0. The van der Waals surface area contributed by atoms with Crippen molar-refractivity contribution in [3.05, 3.63) is 29.3 Å². The molecule has 1 aliphatic carbocycles. The normalized spacial score (nSPS) is 20.1. The van der Waals surface area contributed by atoms with E-state index < -0.39 is 11.6 Å². The van der Waals surface area contributed by atoms with Crippen LogP contribution in [0, 0.1) is 17.3 Å². The minimum atomic E-state index is -4.21. The van der Waals surface area contributed by atoms with Crippen molar-refractivity contribution in [2.24, 2.45) is 5.41 Å². The maximum absolute atomic E-state index is 13.0. The van der Waals surface area contributed by atoms with Gasteiger partial charge >= 0.3 is 6.18 Å². The lowest BCUT2D eigenvalue weighted by Crippen LogP contribution is -2.22. The third-order valence-electron chi connectivity index (χ3n) is 4.46. The zero-order chi connectivity index (χ0) is 15.1. The van der Waals surface area contributed by atoms with E-state index in [1.54, 1.807) is 0 Å². The first-order valence-corrected chi connectivity index (χ1v) is 7.36. The van der Waals surface area contributed by atoms with Crippen LogP contribution in [-0.4, -0.2) is 19.8 Å². The largest absolute Gasteiger partial charge is 0.405 e. The Bertz CT molecular complexity index is 603. The average molecular weight is 293 g/mol. The topological polar surface area (TPSA) is 3.24 Å². The summed E-state index contributed by atoms with van der Waals surface area (Å²) in [5, 5.41) is 0. The Morgan fingerprint density at radius 3 is 2.62 bits per heavy atom. The van der Waals surface area contributed by atoms with E-state index in [9.17, 15) is 13.2 Å². The Labute approximate surface area is 123 Å². The first-order valence-electron chi connectivity index (χ1n) is 7.36. The Morgan fingerprint density at radius 2 is 1.95 bits per heavy atom. The monoisotopic (exact) mass is 293 g/mol. The zero-order valence-electron chi connectivity index (χ0n) is 12.1. The molecule has 1 heterocycles. The van der Waals surface area contributed by atoms with Crippen LogP contribution in [0.3, 0.4) is 0 Å². The number of nitrogens with zero attached hydrogens (tertiary/aromatic N) is 1. The van der Waals surface area contributed by atoms with E-state index >= 15 is 0 Å². The van der Waals surface area contributed by atoms with E-state index in [-0.39, 0.29) is 12.8 Å². The van der Waals surface area contributed by atoms with Crippen LogP contribution in [0.15, 0.2) is 18.2 Å². The molecule has 1 saturated carbocycles. The van der Waals surface area contributed by atoms with E-state index in [1.165, 1.54) is 0 Å². The first kappa shape index (κ1) is 14.3. The van der Waals surface area contributed by atoms with Crippen LogP contribution in [0.25, 0.3) is 0 Å². The number of halogens is 3. The number of rotatable bonds is 0. The summed E-state index contributed by atoms with van der Waals surface area (Å²) in [6.07, 6.45) is -0.881. The molecule has 0 unspecified atom stereocenters. The molecule has 0 saturated heterocycles. The third kappa shape index (κ3) is 2.62. The molecular formula is C17H18F3N. The van der Waals surface area contributed by atoms with Gasteiger partial charge in [-0.1, -0.05) is 17.9 Å². The predicted molar refractivity (Wildman–Crippen MR) is 77.3 cm³/mol. The van der Waals surface area contributed by atoms with Crippen LogP contribution in [0.1, 0.15) is 36.8 Å². The molecule has 1 nitrogen and oxygen atoms in total. The molecule has 2 aliphatic rings. The van der Waals surface area contributed by atoms with Gasteiger partial charge in [-0.05, 0) is 49.8 Å². The molecule has 3 rings (SSSR count). The van der Waals surface area contributed by atoms with Crippen LogP contribution < -0.4 is 4.90 Å². The van der Waals surface area contributed by atoms with Crippen LogP contribution in [0.4, 0.5) is 18.9 Å². The van der Waals surface area contributed by atoms with Crippen LogP contribution in [0.5, 0.6) is 0 Å². The van der Waals surface area contributed by atoms with Gasteiger partial charge in [-0.15, -0.1) is 0 Å². The standard InChI is InChI=1S/C17H18F3N/c1-21-12-3-2-6-14-13(5-4-7-15(14)21)8-9-16(10-11-16)17(18,19)20/h4-5,7H,2-3,6,10-12H2,1H3. The van der Waals surface area contributed by atoms with Gasteiger partial charge in [0.05, 0.1) is 0 Å².